The van der Waals surface area contributed by atoms with Gasteiger partial charge in [0.05, 0.1) is 0 Å². The van der Waals surface area contributed by atoms with E-state index < -0.39 is 0 Å². The summed E-state index contributed by atoms with van der Waals surface area (Å²) in [4.78, 5) is 12.4. The molecular weight excluding hydrogens is 270 g/mol. The zero-order valence-electron chi connectivity index (χ0n) is 12.4. The highest BCUT2D eigenvalue weighted by molar-refractivity contribution is 6.30. The van der Waals surface area contributed by atoms with Gasteiger partial charge in [-0.2, -0.15) is 0 Å². The van der Waals surface area contributed by atoms with Crippen LogP contribution in [0.5, 0.6) is 0 Å². The van der Waals surface area contributed by atoms with Crippen molar-refractivity contribution in [2.75, 3.05) is 0 Å². The lowest BCUT2D eigenvalue weighted by atomic mass is 9.69. The van der Waals surface area contributed by atoms with Crippen molar-refractivity contribution in [3.05, 3.63) is 34.9 Å². The van der Waals surface area contributed by atoms with Gasteiger partial charge in [0.1, 0.15) is 0 Å². The molecule has 0 unspecified atom stereocenters. The molecule has 0 aromatic heterocycles. The van der Waals surface area contributed by atoms with Gasteiger partial charge in [-0.05, 0) is 60.3 Å². The summed E-state index contributed by atoms with van der Waals surface area (Å²) in [6.07, 6.45) is 3.63. The third kappa shape index (κ3) is 1.88. The molecule has 2 fully saturated rings. The lowest BCUT2D eigenvalue weighted by Gasteiger charge is -2.39. The Balaban J connectivity index is 1.76. The first-order chi connectivity index (χ1) is 9.34. The maximum Gasteiger partial charge on any atom is 0.251 e. The largest absolute Gasteiger partial charge is 0.349 e. The zero-order chi connectivity index (χ0) is 14.5. The molecule has 20 heavy (non-hydrogen) atoms. The van der Waals surface area contributed by atoms with E-state index in [4.69, 9.17) is 11.6 Å². The van der Waals surface area contributed by atoms with Crippen LogP contribution in [0.25, 0.3) is 0 Å². The Hall–Kier alpha value is -1.02. The van der Waals surface area contributed by atoms with Crippen LogP contribution in [0.3, 0.4) is 0 Å². The monoisotopic (exact) mass is 291 g/mol. The van der Waals surface area contributed by atoms with Gasteiger partial charge in [-0.25, -0.2) is 0 Å². The molecule has 1 aromatic rings. The molecule has 0 heterocycles. The number of nitrogens with one attached hydrogen (secondary N) is 1. The highest BCUT2D eigenvalue weighted by atomic mass is 35.5. The van der Waals surface area contributed by atoms with Gasteiger partial charge in [0.25, 0.3) is 5.91 Å². The lowest BCUT2D eigenvalue weighted by Crippen LogP contribution is -2.46. The molecular formula is C17H22ClNO. The van der Waals surface area contributed by atoms with Crippen molar-refractivity contribution < 1.29 is 4.79 Å². The van der Waals surface area contributed by atoms with Crippen LogP contribution in [0.1, 0.15) is 50.4 Å². The van der Waals surface area contributed by atoms with E-state index in [1.54, 1.807) is 24.3 Å². The van der Waals surface area contributed by atoms with Crippen LogP contribution in [0.15, 0.2) is 24.3 Å². The van der Waals surface area contributed by atoms with E-state index in [9.17, 15) is 4.79 Å². The van der Waals surface area contributed by atoms with Crippen LogP contribution >= 0.6 is 11.6 Å². The molecule has 2 aliphatic rings. The Labute approximate surface area is 125 Å². The Morgan fingerprint density at radius 3 is 2.40 bits per heavy atom. The van der Waals surface area contributed by atoms with Crippen LogP contribution in [0, 0.1) is 16.7 Å². The minimum atomic E-state index is 0.0243. The fourth-order valence-corrected chi connectivity index (χ4v) is 4.39. The van der Waals surface area contributed by atoms with E-state index in [0.717, 1.165) is 12.3 Å². The van der Waals surface area contributed by atoms with Crippen molar-refractivity contribution in [2.45, 2.75) is 46.1 Å². The molecule has 2 aliphatic carbocycles. The summed E-state index contributed by atoms with van der Waals surface area (Å²) in [6, 6.07) is 7.40. The maximum absolute atomic E-state index is 12.4. The Bertz CT molecular complexity index is 536. The SMILES string of the molecule is CC1(C)[C@H]2CC[C@]1(C)[C@H](NC(=O)c1ccc(Cl)cc1)C2. The van der Waals surface area contributed by atoms with Gasteiger partial charge >= 0.3 is 0 Å². The van der Waals surface area contributed by atoms with Crippen molar-refractivity contribution >= 4 is 17.5 Å². The molecule has 2 nitrogen and oxygen atoms in total. The highest BCUT2D eigenvalue weighted by Gasteiger charge is 2.61. The number of amides is 1. The quantitative estimate of drug-likeness (QED) is 0.865. The number of carbonyl (C=O) groups is 1. The maximum atomic E-state index is 12.4. The second kappa shape index (κ2) is 4.49. The first-order valence-electron chi connectivity index (χ1n) is 7.41. The Kier molecular flexibility index (Phi) is 3.13. The van der Waals surface area contributed by atoms with Crippen LogP contribution in [0.2, 0.25) is 5.02 Å². The van der Waals surface area contributed by atoms with E-state index >= 15 is 0 Å². The fraction of sp³-hybridized carbons (Fsp3) is 0.588. The molecule has 0 saturated heterocycles. The average molecular weight is 292 g/mol. The smallest absolute Gasteiger partial charge is 0.251 e. The molecule has 108 valence electrons. The van der Waals surface area contributed by atoms with Crippen molar-refractivity contribution in [1.29, 1.82) is 0 Å². The van der Waals surface area contributed by atoms with Crippen LogP contribution < -0.4 is 5.32 Å². The van der Waals surface area contributed by atoms with E-state index in [1.165, 1.54) is 12.8 Å². The van der Waals surface area contributed by atoms with Gasteiger partial charge in [-0.3, -0.25) is 4.79 Å². The minimum absolute atomic E-state index is 0.0243. The molecule has 0 spiro atoms. The number of benzene rings is 1. The normalized spacial score (nSPS) is 34.2. The summed E-state index contributed by atoms with van der Waals surface area (Å²) in [7, 11) is 0. The number of hydrogen-bond donors (Lipinski definition) is 1. The van der Waals surface area contributed by atoms with Gasteiger partial charge in [-0.1, -0.05) is 32.4 Å². The molecule has 3 heteroatoms. The lowest BCUT2D eigenvalue weighted by molar-refractivity contribution is 0.0826. The first kappa shape index (κ1) is 13.9. The van der Waals surface area contributed by atoms with Crippen molar-refractivity contribution in [3.63, 3.8) is 0 Å². The minimum Gasteiger partial charge on any atom is -0.349 e. The molecule has 1 amide bonds. The van der Waals surface area contributed by atoms with E-state index in [2.05, 4.69) is 26.1 Å². The summed E-state index contributed by atoms with van der Waals surface area (Å²) in [5.41, 5.74) is 1.24. The molecule has 0 aliphatic heterocycles. The second-order valence-electron chi connectivity index (χ2n) is 7.14. The summed E-state index contributed by atoms with van der Waals surface area (Å²) in [5.74, 6) is 0.763. The zero-order valence-corrected chi connectivity index (χ0v) is 13.1. The van der Waals surface area contributed by atoms with Crippen LogP contribution in [-0.2, 0) is 0 Å². The molecule has 1 N–H and O–H groups in total. The van der Waals surface area contributed by atoms with Gasteiger partial charge < -0.3 is 5.32 Å². The molecule has 1 aromatic carbocycles. The predicted octanol–water partition coefficient (Wildman–Crippen LogP) is 4.28. The molecule has 3 atom stereocenters. The second-order valence-corrected chi connectivity index (χ2v) is 7.58. The third-order valence-corrected chi connectivity index (χ3v) is 6.46. The Morgan fingerprint density at radius 1 is 1.25 bits per heavy atom. The summed E-state index contributed by atoms with van der Waals surface area (Å²) in [6.45, 7) is 7.06. The molecule has 3 rings (SSSR count). The number of rotatable bonds is 2. The van der Waals surface area contributed by atoms with Gasteiger partial charge in [0.15, 0.2) is 0 Å². The van der Waals surface area contributed by atoms with Crippen molar-refractivity contribution in [2.24, 2.45) is 16.7 Å². The van der Waals surface area contributed by atoms with Gasteiger partial charge in [0.2, 0.25) is 0 Å². The van der Waals surface area contributed by atoms with Crippen LogP contribution in [0.4, 0.5) is 0 Å². The van der Waals surface area contributed by atoms with E-state index in [-0.39, 0.29) is 11.3 Å². The summed E-state index contributed by atoms with van der Waals surface area (Å²) < 4.78 is 0. The molecule has 0 radical (unpaired) electrons. The highest BCUT2D eigenvalue weighted by Crippen LogP contribution is 2.65. The fourth-order valence-electron chi connectivity index (χ4n) is 4.26. The first-order valence-corrected chi connectivity index (χ1v) is 7.79. The van der Waals surface area contributed by atoms with E-state index in [0.29, 0.717) is 22.0 Å². The van der Waals surface area contributed by atoms with Gasteiger partial charge in [-0.15, -0.1) is 0 Å². The third-order valence-electron chi connectivity index (χ3n) is 6.21. The van der Waals surface area contributed by atoms with E-state index in [1.807, 2.05) is 0 Å². The summed E-state index contributed by atoms with van der Waals surface area (Å²) >= 11 is 5.87. The average Bonchev–Trinajstić information content (AvgIpc) is 2.72. The van der Waals surface area contributed by atoms with Crippen molar-refractivity contribution in [1.82, 2.24) is 5.32 Å². The number of halogens is 1. The standard InChI is InChI=1S/C17H22ClNO/c1-16(2)12-8-9-17(16,3)14(10-12)19-15(20)11-4-6-13(18)7-5-11/h4-7,12,14H,8-10H2,1-3H3,(H,19,20)/t12-,14+,17+/m0/s1. The number of carbonyl (C=O) groups excluding carboxylic acids is 1. The van der Waals surface area contributed by atoms with Crippen molar-refractivity contribution in [3.8, 4) is 0 Å². The predicted molar refractivity (Wildman–Crippen MR) is 81.9 cm³/mol. The number of fused-ring (bicyclic) bond motifs is 2. The van der Waals surface area contributed by atoms with Gasteiger partial charge in [0, 0.05) is 16.6 Å². The number of hydrogen-bond acceptors (Lipinski definition) is 1. The topological polar surface area (TPSA) is 29.1 Å². The van der Waals surface area contributed by atoms with Crippen LogP contribution in [-0.4, -0.2) is 11.9 Å². The molecule has 2 bridgehead atoms. The summed E-state index contributed by atoms with van der Waals surface area (Å²) in [5, 5.41) is 3.92. The Morgan fingerprint density at radius 2 is 1.90 bits per heavy atom. The molecule has 2 saturated carbocycles.